The molecule has 72 valence electrons. The SMILES string of the molecule is N[C@H](CCn1ccsc1=O)C(=O)O. The molecule has 0 saturated heterocycles. The van der Waals surface area contributed by atoms with Crippen LogP contribution in [0.4, 0.5) is 0 Å². The molecule has 1 rings (SSSR count). The molecule has 1 heterocycles. The maximum atomic E-state index is 11.0. The highest BCUT2D eigenvalue weighted by molar-refractivity contribution is 7.07. The van der Waals surface area contributed by atoms with Crippen LogP contribution >= 0.6 is 11.3 Å². The van der Waals surface area contributed by atoms with Crippen molar-refractivity contribution in [3.63, 3.8) is 0 Å². The van der Waals surface area contributed by atoms with Crippen molar-refractivity contribution in [1.82, 2.24) is 4.57 Å². The van der Waals surface area contributed by atoms with Crippen LogP contribution in [0.5, 0.6) is 0 Å². The Labute approximate surface area is 78.4 Å². The quantitative estimate of drug-likeness (QED) is 0.702. The Hall–Kier alpha value is -1.14. The molecule has 0 unspecified atom stereocenters. The third-order valence-electron chi connectivity index (χ3n) is 1.64. The first kappa shape index (κ1) is 9.94. The van der Waals surface area contributed by atoms with Crippen LogP contribution in [0.25, 0.3) is 0 Å². The van der Waals surface area contributed by atoms with Crippen LogP contribution in [0.3, 0.4) is 0 Å². The molecule has 0 radical (unpaired) electrons. The summed E-state index contributed by atoms with van der Waals surface area (Å²) in [4.78, 5) is 21.2. The normalized spacial score (nSPS) is 12.7. The van der Waals surface area contributed by atoms with Gasteiger partial charge in [-0.1, -0.05) is 11.3 Å². The topological polar surface area (TPSA) is 85.3 Å². The van der Waals surface area contributed by atoms with Gasteiger partial charge in [-0.15, -0.1) is 0 Å². The number of carbonyl (C=O) groups is 1. The zero-order valence-electron chi connectivity index (χ0n) is 6.84. The van der Waals surface area contributed by atoms with E-state index < -0.39 is 12.0 Å². The highest BCUT2D eigenvalue weighted by atomic mass is 32.1. The molecule has 0 fully saturated rings. The van der Waals surface area contributed by atoms with E-state index in [1.54, 1.807) is 11.6 Å². The molecule has 0 aliphatic heterocycles. The van der Waals surface area contributed by atoms with E-state index in [1.807, 2.05) is 0 Å². The standard InChI is InChI=1S/C7H10N2O3S/c8-5(6(10)11)1-2-9-3-4-13-7(9)12/h3-5H,1-2,8H2,(H,10,11)/t5-/m1/s1. The molecule has 3 N–H and O–H groups in total. The van der Waals surface area contributed by atoms with E-state index in [2.05, 4.69) is 0 Å². The van der Waals surface area contributed by atoms with Crippen molar-refractivity contribution in [1.29, 1.82) is 0 Å². The number of rotatable bonds is 4. The van der Waals surface area contributed by atoms with Crippen LogP contribution in [0.1, 0.15) is 6.42 Å². The summed E-state index contributed by atoms with van der Waals surface area (Å²) in [6, 6.07) is -0.896. The summed E-state index contributed by atoms with van der Waals surface area (Å²) in [6.45, 7) is 0.357. The molecule has 0 saturated carbocycles. The van der Waals surface area contributed by atoms with Crippen molar-refractivity contribution in [3.05, 3.63) is 21.2 Å². The summed E-state index contributed by atoms with van der Waals surface area (Å²) in [7, 11) is 0. The van der Waals surface area contributed by atoms with Gasteiger partial charge in [-0.2, -0.15) is 0 Å². The van der Waals surface area contributed by atoms with Gasteiger partial charge in [-0.25, -0.2) is 0 Å². The minimum atomic E-state index is -1.04. The molecule has 0 aliphatic rings. The maximum absolute atomic E-state index is 11.0. The lowest BCUT2D eigenvalue weighted by atomic mass is 10.2. The summed E-state index contributed by atoms with van der Waals surface area (Å²) in [5.41, 5.74) is 5.27. The summed E-state index contributed by atoms with van der Waals surface area (Å²) in [5.74, 6) is -1.04. The molecule has 1 aromatic rings. The van der Waals surface area contributed by atoms with E-state index in [0.29, 0.717) is 6.54 Å². The monoisotopic (exact) mass is 202 g/mol. The predicted molar refractivity (Wildman–Crippen MR) is 48.8 cm³/mol. The molecule has 0 spiro atoms. The average Bonchev–Trinajstić information content (AvgIpc) is 2.47. The van der Waals surface area contributed by atoms with Crippen molar-refractivity contribution >= 4 is 17.3 Å². The lowest BCUT2D eigenvalue weighted by molar-refractivity contribution is -0.138. The molecule has 13 heavy (non-hydrogen) atoms. The van der Waals surface area contributed by atoms with E-state index in [4.69, 9.17) is 10.8 Å². The number of nitrogens with zero attached hydrogens (tertiary/aromatic N) is 1. The maximum Gasteiger partial charge on any atom is 0.320 e. The first-order valence-corrected chi connectivity index (χ1v) is 4.61. The Morgan fingerprint density at radius 2 is 2.46 bits per heavy atom. The minimum absolute atomic E-state index is 0.0856. The zero-order valence-corrected chi connectivity index (χ0v) is 7.66. The van der Waals surface area contributed by atoms with E-state index in [9.17, 15) is 9.59 Å². The lowest BCUT2D eigenvalue weighted by Crippen LogP contribution is -2.32. The second kappa shape index (κ2) is 4.20. The van der Waals surface area contributed by atoms with Gasteiger partial charge in [-0.3, -0.25) is 9.59 Å². The summed E-state index contributed by atoms with van der Waals surface area (Å²) < 4.78 is 1.45. The molecule has 0 aliphatic carbocycles. The third-order valence-corrected chi connectivity index (χ3v) is 2.34. The number of carboxylic acid groups (broad SMARTS) is 1. The van der Waals surface area contributed by atoms with Crippen molar-refractivity contribution in [2.24, 2.45) is 5.73 Å². The van der Waals surface area contributed by atoms with Crippen LogP contribution in [-0.4, -0.2) is 21.7 Å². The molecular weight excluding hydrogens is 192 g/mol. The molecule has 0 bridgehead atoms. The summed E-state index contributed by atoms with van der Waals surface area (Å²) >= 11 is 1.08. The second-order valence-corrected chi connectivity index (χ2v) is 3.45. The van der Waals surface area contributed by atoms with Crippen molar-refractivity contribution in [3.8, 4) is 0 Å². The number of nitrogens with two attached hydrogens (primary N) is 1. The number of hydrogen-bond acceptors (Lipinski definition) is 4. The Morgan fingerprint density at radius 3 is 2.92 bits per heavy atom. The van der Waals surface area contributed by atoms with Crippen LogP contribution in [0.2, 0.25) is 0 Å². The van der Waals surface area contributed by atoms with Crippen LogP contribution in [-0.2, 0) is 11.3 Å². The highest BCUT2D eigenvalue weighted by Gasteiger charge is 2.11. The van der Waals surface area contributed by atoms with E-state index >= 15 is 0 Å². The minimum Gasteiger partial charge on any atom is -0.480 e. The average molecular weight is 202 g/mol. The number of carboxylic acids is 1. The molecule has 5 nitrogen and oxygen atoms in total. The Balaban J connectivity index is 2.48. The summed E-state index contributed by atoms with van der Waals surface area (Å²) in [5, 5.41) is 10.1. The van der Waals surface area contributed by atoms with Crippen molar-refractivity contribution < 1.29 is 9.90 Å². The Morgan fingerprint density at radius 1 is 1.77 bits per heavy atom. The number of aromatic nitrogens is 1. The largest absolute Gasteiger partial charge is 0.480 e. The number of aliphatic carboxylic acids is 1. The van der Waals surface area contributed by atoms with Crippen LogP contribution in [0.15, 0.2) is 16.4 Å². The molecule has 6 heteroatoms. The third kappa shape index (κ3) is 2.67. The number of aryl methyl sites for hydroxylation is 1. The van der Waals surface area contributed by atoms with E-state index in [-0.39, 0.29) is 11.3 Å². The highest BCUT2D eigenvalue weighted by Crippen LogP contribution is 1.95. The van der Waals surface area contributed by atoms with Crippen molar-refractivity contribution in [2.75, 3.05) is 0 Å². The van der Waals surface area contributed by atoms with Crippen LogP contribution < -0.4 is 10.6 Å². The first-order chi connectivity index (χ1) is 6.11. The van der Waals surface area contributed by atoms with Gasteiger partial charge in [0.15, 0.2) is 0 Å². The summed E-state index contributed by atoms with van der Waals surface area (Å²) in [6.07, 6.45) is 1.90. The van der Waals surface area contributed by atoms with Gasteiger partial charge in [0.05, 0.1) is 0 Å². The fraction of sp³-hybridized carbons (Fsp3) is 0.429. The Bertz CT molecular complexity index is 344. The molecule has 1 atom stereocenters. The number of hydrogen-bond donors (Lipinski definition) is 2. The Kier molecular flexibility index (Phi) is 3.21. The van der Waals surface area contributed by atoms with Crippen molar-refractivity contribution in [2.45, 2.75) is 19.0 Å². The molecular formula is C7H10N2O3S. The van der Waals surface area contributed by atoms with Gasteiger partial charge in [0.2, 0.25) is 0 Å². The second-order valence-electron chi connectivity index (χ2n) is 2.60. The van der Waals surface area contributed by atoms with E-state index in [1.165, 1.54) is 4.57 Å². The fourth-order valence-corrected chi connectivity index (χ4v) is 1.47. The number of thiazole rings is 1. The fourth-order valence-electron chi connectivity index (χ4n) is 0.858. The van der Waals surface area contributed by atoms with E-state index in [0.717, 1.165) is 11.3 Å². The van der Waals surface area contributed by atoms with Gasteiger partial charge in [-0.05, 0) is 6.42 Å². The smallest absolute Gasteiger partial charge is 0.320 e. The zero-order chi connectivity index (χ0) is 9.84. The molecule has 0 amide bonds. The van der Waals surface area contributed by atoms with Crippen LogP contribution in [0, 0.1) is 0 Å². The van der Waals surface area contributed by atoms with Gasteiger partial charge < -0.3 is 15.4 Å². The van der Waals surface area contributed by atoms with Gasteiger partial charge in [0.1, 0.15) is 6.04 Å². The molecule has 1 aromatic heterocycles. The van der Waals surface area contributed by atoms with Gasteiger partial charge in [0, 0.05) is 18.1 Å². The first-order valence-electron chi connectivity index (χ1n) is 3.73. The van der Waals surface area contributed by atoms with Gasteiger partial charge >= 0.3 is 10.8 Å². The molecule has 0 aromatic carbocycles. The van der Waals surface area contributed by atoms with Gasteiger partial charge in [0.25, 0.3) is 0 Å². The lowest BCUT2D eigenvalue weighted by Gasteiger charge is -2.05. The predicted octanol–water partition coefficient (Wildman–Crippen LogP) is -0.288.